The fourth-order valence-corrected chi connectivity index (χ4v) is 1.71. The van der Waals surface area contributed by atoms with Crippen molar-refractivity contribution >= 4 is 0 Å². The quantitative estimate of drug-likeness (QED) is 0.845. The van der Waals surface area contributed by atoms with Crippen molar-refractivity contribution < 1.29 is 13.7 Å². The molecule has 0 atom stereocenters. The number of hydrogen-bond donors (Lipinski definition) is 1. The molecule has 1 N–H and O–H groups in total. The summed E-state index contributed by atoms with van der Waals surface area (Å²) >= 11 is 0. The molecule has 0 saturated carbocycles. The number of rotatable bonds is 7. The Labute approximate surface area is 117 Å². The van der Waals surface area contributed by atoms with Crippen LogP contribution < -0.4 is 10.1 Å². The fraction of sp³-hybridized carbons (Fsp3) is 0.400. The van der Waals surface area contributed by atoms with Crippen molar-refractivity contribution in [2.24, 2.45) is 5.92 Å². The smallest absolute Gasteiger partial charge is 0.174 e. The molecule has 4 nitrogen and oxygen atoms in total. The van der Waals surface area contributed by atoms with Gasteiger partial charge in [-0.3, -0.25) is 0 Å². The normalized spacial score (nSPS) is 11.0. The molecule has 2 rings (SSSR count). The molecule has 5 heteroatoms. The highest BCUT2D eigenvalue weighted by Crippen LogP contribution is 2.17. The second-order valence-electron chi connectivity index (χ2n) is 5.03. The van der Waals surface area contributed by atoms with Crippen LogP contribution in [0.5, 0.6) is 5.75 Å². The van der Waals surface area contributed by atoms with Crippen LogP contribution in [0.3, 0.4) is 0 Å². The molecule has 2 aromatic rings. The number of halogens is 1. The molecule has 20 heavy (non-hydrogen) atoms. The van der Waals surface area contributed by atoms with Gasteiger partial charge in [0.25, 0.3) is 0 Å². The summed E-state index contributed by atoms with van der Waals surface area (Å²) in [6, 6.07) is 8.09. The van der Waals surface area contributed by atoms with Crippen molar-refractivity contribution in [2.45, 2.75) is 27.0 Å². The van der Waals surface area contributed by atoms with E-state index in [1.807, 2.05) is 6.07 Å². The molecule has 0 unspecified atom stereocenters. The Morgan fingerprint density at radius 2 is 2.15 bits per heavy atom. The van der Waals surface area contributed by atoms with Crippen LogP contribution in [-0.2, 0) is 13.2 Å². The third-order valence-electron chi connectivity index (χ3n) is 2.67. The first kappa shape index (κ1) is 14.5. The van der Waals surface area contributed by atoms with Crippen LogP contribution in [0.4, 0.5) is 4.39 Å². The van der Waals surface area contributed by atoms with E-state index in [-0.39, 0.29) is 18.2 Å². The molecule has 0 spiro atoms. The molecule has 0 radical (unpaired) electrons. The third kappa shape index (κ3) is 4.35. The molecule has 0 saturated heterocycles. The Hall–Kier alpha value is -1.88. The fourth-order valence-electron chi connectivity index (χ4n) is 1.71. The summed E-state index contributed by atoms with van der Waals surface area (Å²) in [7, 11) is 0. The lowest BCUT2D eigenvalue weighted by atomic mass is 10.2. The van der Waals surface area contributed by atoms with Crippen LogP contribution in [0.15, 0.2) is 34.9 Å². The van der Waals surface area contributed by atoms with Crippen molar-refractivity contribution in [1.82, 2.24) is 10.5 Å². The third-order valence-corrected chi connectivity index (χ3v) is 2.67. The van der Waals surface area contributed by atoms with Crippen LogP contribution in [0, 0.1) is 11.7 Å². The van der Waals surface area contributed by atoms with Crippen molar-refractivity contribution in [3.63, 3.8) is 0 Å². The standard InChI is InChI=1S/C15H19FN2O2/c1-11(2)8-17-9-12-7-13(20-18-12)10-19-15-6-4-3-5-14(15)16/h3-7,11,17H,8-10H2,1-2H3. The zero-order valence-electron chi connectivity index (χ0n) is 11.7. The number of aromatic nitrogens is 1. The van der Waals surface area contributed by atoms with E-state index >= 15 is 0 Å². The predicted molar refractivity (Wildman–Crippen MR) is 73.8 cm³/mol. The summed E-state index contributed by atoms with van der Waals surface area (Å²) in [6.07, 6.45) is 0. The summed E-state index contributed by atoms with van der Waals surface area (Å²) in [5.74, 6) is 0.995. The number of benzene rings is 1. The molecule has 0 aliphatic rings. The van der Waals surface area contributed by atoms with E-state index in [9.17, 15) is 4.39 Å². The minimum atomic E-state index is -0.383. The number of para-hydroxylation sites is 1. The minimum absolute atomic E-state index is 0.165. The highest BCUT2D eigenvalue weighted by molar-refractivity contribution is 5.23. The first-order chi connectivity index (χ1) is 9.65. The predicted octanol–water partition coefficient (Wildman–Crippen LogP) is 3.14. The average Bonchev–Trinajstić information content (AvgIpc) is 2.85. The SMILES string of the molecule is CC(C)CNCc1cc(COc2ccccc2F)on1. The number of hydrogen-bond acceptors (Lipinski definition) is 4. The minimum Gasteiger partial charge on any atom is -0.482 e. The average molecular weight is 278 g/mol. The van der Waals surface area contributed by atoms with Crippen LogP contribution in [0.2, 0.25) is 0 Å². The Morgan fingerprint density at radius 3 is 2.90 bits per heavy atom. The van der Waals surface area contributed by atoms with Gasteiger partial charge in [-0.1, -0.05) is 31.1 Å². The Bertz CT molecular complexity index is 540. The van der Waals surface area contributed by atoms with Crippen molar-refractivity contribution in [3.8, 4) is 5.75 Å². The topological polar surface area (TPSA) is 47.3 Å². The monoisotopic (exact) mass is 278 g/mol. The van der Waals surface area contributed by atoms with E-state index in [0.29, 0.717) is 18.2 Å². The molecule has 0 aliphatic heterocycles. The van der Waals surface area contributed by atoms with E-state index in [1.165, 1.54) is 6.07 Å². The Kier molecular flexibility index (Phi) is 5.12. The summed E-state index contributed by atoms with van der Waals surface area (Å²) in [5.41, 5.74) is 0.817. The number of nitrogens with one attached hydrogen (secondary N) is 1. The van der Waals surface area contributed by atoms with Crippen LogP contribution >= 0.6 is 0 Å². The lowest BCUT2D eigenvalue weighted by Gasteiger charge is -2.04. The Morgan fingerprint density at radius 1 is 1.35 bits per heavy atom. The first-order valence-electron chi connectivity index (χ1n) is 6.67. The van der Waals surface area contributed by atoms with Crippen molar-refractivity contribution in [1.29, 1.82) is 0 Å². The van der Waals surface area contributed by atoms with Crippen LogP contribution in [0.1, 0.15) is 25.3 Å². The first-order valence-corrected chi connectivity index (χ1v) is 6.67. The zero-order valence-corrected chi connectivity index (χ0v) is 11.7. The molecule has 0 aliphatic carbocycles. The molecule has 108 valence electrons. The summed E-state index contributed by atoms with van der Waals surface area (Å²) in [6.45, 7) is 6.03. The van der Waals surface area contributed by atoms with E-state index in [1.54, 1.807) is 18.2 Å². The van der Waals surface area contributed by atoms with Crippen molar-refractivity contribution in [3.05, 3.63) is 47.6 Å². The van der Waals surface area contributed by atoms with Gasteiger partial charge in [0.15, 0.2) is 17.3 Å². The molecule has 0 bridgehead atoms. The summed E-state index contributed by atoms with van der Waals surface area (Å²) in [4.78, 5) is 0. The maximum absolute atomic E-state index is 13.4. The number of nitrogens with zero attached hydrogens (tertiary/aromatic N) is 1. The highest BCUT2D eigenvalue weighted by atomic mass is 19.1. The van der Waals surface area contributed by atoms with Crippen LogP contribution in [0.25, 0.3) is 0 Å². The van der Waals surface area contributed by atoms with Crippen molar-refractivity contribution in [2.75, 3.05) is 6.54 Å². The van der Waals surface area contributed by atoms with Gasteiger partial charge in [0, 0.05) is 12.6 Å². The molecule has 1 heterocycles. The maximum Gasteiger partial charge on any atom is 0.174 e. The largest absolute Gasteiger partial charge is 0.482 e. The van der Waals surface area contributed by atoms with E-state index in [0.717, 1.165) is 12.2 Å². The lowest BCUT2D eigenvalue weighted by molar-refractivity contribution is 0.239. The van der Waals surface area contributed by atoms with Gasteiger partial charge in [-0.05, 0) is 24.6 Å². The second kappa shape index (κ2) is 7.05. The van der Waals surface area contributed by atoms with Gasteiger partial charge in [0.2, 0.25) is 0 Å². The maximum atomic E-state index is 13.4. The number of ether oxygens (including phenoxy) is 1. The summed E-state index contributed by atoms with van der Waals surface area (Å²) < 4.78 is 23.9. The lowest BCUT2D eigenvalue weighted by Crippen LogP contribution is -2.19. The highest BCUT2D eigenvalue weighted by Gasteiger charge is 2.07. The van der Waals surface area contributed by atoms with Gasteiger partial charge >= 0.3 is 0 Å². The van der Waals surface area contributed by atoms with Crippen LogP contribution in [-0.4, -0.2) is 11.7 Å². The van der Waals surface area contributed by atoms with E-state index in [4.69, 9.17) is 9.26 Å². The van der Waals surface area contributed by atoms with E-state index in [2.05, 4.69) is 24.3 Å². The summed E-state index contributed by atoms with van der Waals surface area (Å²) in [5, 5.41) is 7.21. The van der Waals surface area contributed by atoms with Gasteiger partial charge in [-0.15, -0.1) is 0 Å². The molecule has 0 fully saturated rings. The van der Waals surface area contributed by atoms with Gasteiger partial charge < -0.3 is 14.6 Å². The van der Waals surface area contributed by atoms with Gasteiger partial charge in [-0.2, -0.15) is 0 Å². The molecule has 1 aromatic carbocycles. The second-order valence-corrected chi connectivity index (χ2v) is 5.03. The molecular weight excluding hydrogens is 259 g/mol. The van der Waals surface area contributed by atoms with Gasteiger partial charge in [0.1, 0.15) is 6.61 Å². The molecule has 1 aromatic heterocycles. The van der Waals surface area contributed by atoms with Gasteiger partial charge in [0.05, 0.1) is 5.69 Å². The van der Waals surface area contributed by atoms with Gasteiger partial charge in [-0.25, -0.2) is 4.39 Å². The molecular formula is C15H19FN2O2. The zero-order chi connectivity index (χ0) is 14.4. The Balaban J connectivity index is 1.82. The van der Waals surface area contributed by atoms with E-state index < -0.39 is 0 Å². The molecule has 0 amide bonds.